The predicted octanol–water partition coefficient (Wildman–Crippen LogP) is 5.81. The molecule has 0 atom stereocenters. The molecule has 0 radical (unpaired) electrons. The van der Waals surface area contributed by atoms with E-state index in [9.17, 15) is 0 Å². The van der Waals surface area contributed by atoms with Gasteiger partial charge in [0.25, 0.3) is 0 Å². The molecule has 4 aromatic heterocycles. The third-order valence-electron chi connectivity index (χ3n) is 5.30. The maximum Gasteiger partial charge on any atom is 0.194 e. The molecule has 0 aliphatic heterocycles. The summed E-state index contributed by atoms with van der Waals surface area (Å²) in [5, 5.41) is 11.4. The van der Waals surface area contributed by atoms with E-state index in [1.54, 1.807) is 12.5 Å². The van der Waals surface area contributed by atoms with Crippen LogP contribution in [0.4, 0.5) is 11.5 Å². The monoisotopic (exact) mass is 406 g/mol. The van der Waals surface area contributed by atoms with Crippen LogP contribution in [0.1, 0.15) is 5.69 Å². The zero-order valence-corrected chi connectivity index (χ0v) is 16.7. The summed E-state index contributed by atoms with van der Waals surface area (Å²) in [6.07, 6.45) is 5.30. The molecule has 0 aliphatic carbocycles. The van der Waals surface area contributed by atoms with E-state index < -0.39 is 0 Å². The maximum absolute atomic E-state index is 5.66. The third-order valence-corrected chi connectivity index (χ3v) is 5.30. The SMILES string of the molecule is Cc1cc2ccc(-c3nc(Nc4ccc(-c5cn[nH]c5)cc4)c4occc4n3)cc2[nH]1. The summed E-state index contributed by atoms with van der Waals surface area (Å²) in [6, 6.07) is 18.3. The van der Waals surface area contributed by atoms with Crippen LogP contribution in [0.2, 0.25) is 0 Å². The zero-order valence-electron chi connectivity index (χ0n) is 16.7. The highest BCUT2D eigenvalue weighted by Gasteiger charge is 2.13. The van der Waals surface area contributed by atoms with E-state index in [1.807, 2.05) is 49.5 Å². The van der Waals surface area contributed by atoms with Gasteiger partial charge in [0.1, 0.15) is 5.52 Å². The number of fused-ring (bicyclic) bond motifs is 2. The van der Waals surface area contributed by atoms with Gasteiger partial charge in [0.15, 0.2) is 17.2 Å². The van der Waals surface area contributed by atoms with Crippen LogP contribution in [-0.4, -0.2) is 25.1 Å². The average molecular weight is 406 g/mol. The summed E-state index contributed by atoms with van der Waals surface area (Å²) in [4.78, 5) is 12.9. The lowest BCUT2D eigenvalue weighted by molar-refractivity contribution is 0.615. The highest BCUT2D eigenvalue weighted by atomic mass is 16.3. The van der Waals surface area contributed by atoms with E-state index in [2.05, 4.69) is 38.7 Å². The van der Waals surface area contributed by atoms with Crippen molar-refractivity contribution in [3.8, 4) is 22.5 Å². The van der Waals surface area contributed by atoms with Crippen LogP contribution in [0, 0.1) is 6.92 Å². The van der Waals surface area contributed by atoms with E-state index >= 15 is 0 Å². The quantitative estimate of drug-likeness (QED) is 0.343. The molecule has 0 aliphatic rings. The molecule has 4 heterocycles. The molecule has 0 bridgehead atoms. The Kier molecular flexibility index (Phi) is 3.86. The first-order valence-corrected chi connectivity index (χ1v) is 9.94. The minimum atomic E-state index is 0.624. The Balaban J connectivity index is 1.39. The topological polar surface area (TPSA) is 95.4 Å². The van der Waals surface area contributed by atoms with Gasteiger partial charge in [-0.05, 0) is 42.1 Å². The van der Waals surface area contributed by atoms with Gasteiger partial charge in [-0.25, -0.2) is 9.97 Å². The van der Waals surface area contributed by atoms with Crippen LogP contribution < -0.4 is 5.32 Å². The van der Waals surface area contributed by atoms with Gasteiger partial charge < -0.3 is 14.7 Å². The van der Waals surface area contributed by atoms with Crippen LogP contribution in [0.15, 0.2) is 77.7 Å². The average Bonchev–Trinajstić information content (AvgIpc) is 3.53. The van der Waals surface area contributed by atoms with Crippen LogP contribution in [-0.2, 0) is 0 Å². The number of furan rings is 1. The highest BCUT2D eigenvalue weighted by molar-refractivity contribution is 5.89. The Hall–Kier alpha value is -4.39. The summed E-state index contributed by atoms with van der Waals surface area (Å²) >= 11 is 0. The number of nitrogens with zero attached hydrogens (tertiary/aromatic N) is 3. The molecule has 0 fully saturated rings. The summed E-state index contributed by atoms with van der Waals surface area (Å²) in [6.45, 7) is 2.05. The number of rotatable bonds is 4. The van der Waals surface area contributed by atoms with E-state index in [0.717, 1.165) is 39.1 Å². The van der Waals surface area contributed by atoms with Crippen molar-refractivity contribution in [1.29, 1.82) is 0 Å². The summed E-state index contributed by atoms with van der Waals surface area (Å²) in [5.74, 6) is 1.27. The smallest absolute Gasteiger partial charge is 0.194 e. The van der Waals surface area contributed by atoms with Crippen molar-refractivity contribution in [2.24, 2.45) is 0 Å². The lowest BCUT2D eigenvalue weighted by Gasteiger charge is -2.09. The van der Waals surface area contributed by atoms with Gasteiger partial charge >= 0.3 is 0 Å². The van der Waals surface area contributed by atoms with Crippen LogP contribution in [0.5, 0.6) is 0 Å². The minimum Gasteiger partial charge on any atom is -0.459 e. The van der Waals surface area contributed by atoms with Crippen LogP contribution >= 0.6 is 0 Å². The minimum absolute atomic E-state index is 0.624. The summed E-state index contributed by atoms with van der Waals surface area (Å²) in [7, 11) is 0. The van der Waals surface area contributed by atoms with E-state index in [4.69, 9.17) is 14.4 Å². The molecule has 6 aromatic rings. The van der Waals surface area contributed by atoms with Gasteiger partial charge in [-0.15, -0.1) is 0 Å². The van der Waals surface area contributed by atoms with E-state index in [1.165, 1.54) is 5.39 Å². The number of hydrogen-bond acceptors (Lipinski definition) is 5. The fourth-order valence-corrected chi connectivity index (χ4v) is 3.78. The zero-order chi connectivity index (χ0) is 20.8. The second-order valence-electron chi connectivity index (χ2n) is 7.47. The number of hydrogen-bond donors (Lipinski definition) is 3. The number of aryl methyl sites for hydroxylation is 1. The normalized spacial score (nSPS) is 11.4. The molecule has 31 heavy (non-hydrogen) atoms. The lowest BCUT2D eigenvalue weighted by Crippen LogP contribution is -1.98. The first-order valence-electron chi connectivity index (χ1n) is 9.94. The van der Waals surface area contributed by atoms with Crippen molar-refractivity contribution >= 4 is 33.5 Å². The number of benzene rings is 2. The van der Waals surface area contributed by atoms with E-state index in [0.29, 0.717) is 17.2 Å². The van der Waals surface area contributed by atoms with Crippen LogP contribution in [0.25, 0.3) is 44.5 Å². The Morgan fingerprint density at radius 2 is 1.77 bits per heavy atom. The second kappa shape index (κ2) is 6.84. The number of H-pyrrole nitrogens is 2. The third kappa shape index (κ3) is 3.12. The molecular weight excluding hydrogens is 388 g/mol. The largest absolute Gasteiger partial charge is 0.459 e. The molecule has 2 aromatic carbocycles. The molecule has 150 valence electrons. The van der Waals surface area contributed by atoms with Gasteiger partial charge in [0.2, 0.25) is 0 Å². The summed E-state index contributed by atoms with van der Waals surface area (Å²) < 4.78 is 5.66. The number of aromatic nitrogens is 5. The fourth-order valence-electron chi connectivity index (χ4n) is 3.78. The Bertz CT molecular complexity index is 1510. The number of aromatic amines is 2. The number of anilines is 2. The molecule has 7 nitrogen and oxygen atoms in total. The fraction of sp³-hybridized carbons (Fsp3) is 0.0417. The van der Waals surface area contributed by atoms with Gasteiger partial charge in [-0.2, -0.15) is 5.10 Å². The van der Waals surface area contributed by atoms with Crippen molar-refractivity contribution in [2.45, 2.75) is 6.92 Å². The summed E-state index contributed by atoms with van der Waals surface area (Å²) in [5.41, 5.74) is 7.54. The second-order valence-corrected chi connectivity index (χ2v) is 7.47. The maximum atomic E-state index is 5.66. The Morgan fingerprint density at radius 3 is 2.61 bits per heavy atom. The standard InChI is InChI=1S/C24H18N6O/c1-14-10-16-2-3-17(11-21(16)27-14)23-29-20-8-9-31-22(20)24(30-23)28-19-6-4-15(5-7-19)18-12-25-26-13-18/h2-13,27H,1H3,(H,25,26)(H,28,29,30). The van der Waals surface area contributed by atoms with Crippen molar-refractivity contribution in [3.63, 3.8) is 0 Å². The Labute approximate surface area is 177 Å². The predicted molar refractivity (Wildman–Crippen MR) is 121 cm³/mol. The molecule has 0 saturated heterocycles. The Morgan fingerprint density at radius 1 is 0.903 bits per heavy atom. The first-order chi connectivity index (χ1) is 15.2. The molecule has 3 N–H and O–H groups in total. The van der Waals surface area contributed by atoms with E-state index in [-0.39, 0.29) is 0 Å². The van der Waals surface area contributed by atoms with Crippen molar-refractivity contribution < 1.29 is 4.42 Å². The van der Waals surface area contributed by atoms with Crippen molar-refractivity contribution in [1.82, 2.24) is 25.1 Å². The van der Waals surface area contributed by atoms with Gasteiger partial charge in [-0.1, -0.05) is 24.3 Å². The highest BCUT2D eigenvalue weighted by Crippen LogP contribution is 2.30. The molecule has 7 heteroatoms. The molecule has 0 spiro atoms. The lowest BCUT2D eigenvalue weighted by atomic mass is 10.1. The molecule has 6 rings (SSSR count). The van der Waals surface area contributed by atoms with Gasteiger partial charge in [0.05, 0.1) is 12.5 Å². The molecule has 0 unspecified atom stereocenters. The van der Waals surface area contributed by atoms with Crippen molar-refractivity contribution in [3.05, 3.63) is 78.9 Å². The van der Waals surface area contributed by atoms with Crippen LogP contribution in [0.3, 0.4) is 0 Å². The molecule has 0 amide bonds. The van der Waals surface area contributed by atoms with Crippen molar-refractivity contribution in [2.75, 3.05) is 5.32 Å². The number of nitrogens with one attached hydrogen (secondary N) is 3. The van der Waals surface area contributed by atoms with Gasteiger partial charge in [0, 0.05) is 40.3 Å². The molecular formula is C24H18N6O. The van der Waals surface area contributed by atoms with Gasteiger partial charge in [-0.3, -0.25) is 5.10 Å². The first kappa shape index (κ1) is 17.5. The molecule has 0 saturated carbocycles.